The molecule has 108 valence electrons. The van der Waals surface area contributed by atoms with Gasteiger partial charge < -0.3 is 14.9 Å². The lowest BCUT2D eigenvalue weighted by molar-refractivity contribution is 0.303. The molecule has 0 saturated heterocycles. The van der Waals surface area contributed by atoms with Crippen molar-refractivity contribution in [2.75, 3.05) is 0 Å². The lowest BCUT2D eigenvalue weighted by Crippen LogP contribution is -2.02. The van der Waals surface area contributed by atoms with Crippen molar-refractivity contribution in [3.05, 3.63) is 65.4 Å². The highest BCUT2D eigenvalue weighted by atomic mass is 16.5. The Kier molecular flexibility index (Phi) is 3.93. The summed E-state index contributed by atoms with van der Waals surface area (Å²) in [5.41, 5.74) is 8.97. The molecule has 21 heavy (non-hydrogen) atoms. The third kappa shape index (κ3) is 2.78. The van der Waals surface area contributed by atoms with Crippen LogP contribution in [0.1, 0.15) is 23.8 Å². The molecule has 0 spiro atoms. The van der Waals surface area contributed by atoms with Gasteiger partial charge in [-0.25, -0.2) is 0 Å². The smallest absolute Gasteiger partial charge is 0.134 e. The van der Waals surface area contributed by atoms with Crippen molar-refractivity contribution in [1.29, 1.82) is 0 Å². The van der Waals surface area contributed by atoms with E-state index in [4.69, 9.17) is 14.9 Å². The third-order valence-corrected chi connectivity index (χ3v) is 3.68. The first-order chi connectivity index (χ1) is 10.3. The summed E-state index contributed by atoms with van der Waals surface area (Å²) in [4.78, 5) is 0. The zero-order valence-electron chi connectivity index (χ0n) is 12.1. The van der Waals surface area contributed by atoms with Gasteiger partial charge in [-0.15, -0.1) is 0 Å². The molecule has 0 fully saturated rings. The van der Waals surface area contributed by atoms with Crippen molar-refractivity contribution in [1.82, 2.24) is 0 Å². The Morgan fingerprint density at radius 2 is 1.81 bits per heavy atom. The quantitative estimate of drug-likeness (QED) is 0.768. The molecule has 0 bridgehead atoms. The summed E-state index contributed by atoms with van der Waals surface area (Å²) in [6.07, 6.45) is 1.03. The van der Waals surface area contributed by atoms with Crippen LogP contribution >= 0.6 is 0 Å². The number of ether oxygens (including phenoxy) is 1. The Morgan fingerprint density at radius 1 is 1.05 bits per heavy atom. The van der Waals surface area contributed by atoms with E-state index in [1.54, 1.807) is 0 Å². The zero-order chi connectivity index (χ0) is 14.7. The molecule has 3 nitrogen and oxygen atoms in total. The van der Waals surface area contributed by atoms with Gasteiger partial charge in [0.2, 0.25) is 0 Å². The van der Waals surface area contributed by atoms with Crippen LogP contribution in [0, 0.1) is 0 Å². The third-order valence-electron chi connectivity index (χ3n) is 3.68. The highest BCUT2D eigenvalue weighted by Crippen LogP contribution is 2.27. The summed E-state index contributed by atoms with van der Waals surface area (Å²) in [6, 6.07) is 16.1. The topological polar surface area (TPSA) is 48.4 Å². The lowest BCUT2D eigenvalue weighted by atomic mass is 10.1. The summed E-state index contributed by atoms with van der Waals surface area (Å²) in [5, 5.41) is 1.07. The van der Waals surface area contributed by atoms with Crippen LogP contribution in [0.25, 0.3) is 11.0 Å². The van der Waals surface area contributed by atoms with Crippen LogP contribution in [0.5, 0.6) is 5.75 Å². The molecule has 1 heterocycles. The highest BCUT2D eigenvalue weighted by molar-refractivity contribution is 5.82. The van der Waals surface area contributed by atoms with E-state index in [0.29, 0.717) is 13.2 Å². The lowest BCUT2D eigenvalue weighted by Gasteiger charge is -2.07. The number of hydrogen-bond acceptors (Lipinski definition) is 3. The van der Waals surface area contributed by atoms with Gasteiger partial charge in [0.05, 0.1) is 6.54 Å². The monoisotopic (exact) mass is 281 g/mol. The number of rotatable bonds is 5. The maximum absolute atomic E-state index is 5.88. The van der Waals surface area contributed by atoms with Crippen LogP contribution in [-0.4, -0.2) is 0 Å². The van der Waals surface area contributed by atoms with Crippen LogP contribution in [0.15, 0.2) is 52.9 Å². The molecule has 1 aromatic heterocycles. The fourth-order valence-electron chi connectivity index (χ4n) is 2.45. The van der Waals surface area contributed by atoms with Crippen molar-refractivity contribution >= 4 is 11.0 Å². The standard InChI is InChI=1S/C18H19NO2/c1-2-13-7-9-14(10-8-13)20-12-16-15-5-3-4-6-17(15)21-18(16)11-19/h3-10H,2,11-12,19H2,1H3. The van der Waals surface area contributed by atoms with Crippen LogP contribution < -0.4 is 10.5 Å². The molecule has 3 rings (SSSR count). The fraction of sp³-hybridized carbons (Fsp3) is 0.222. The van der Waals surface area contributed by atoms with Crippen molar-refractivity contribution in [2.45, 2.75) is 26.5 Å². The summed E-state index contributed by atoms with van der Waals surface area (Å²) in [5.74, 6) is 1.65. The van der Waals surface area contributed by atoms with E-state index in [9.17, 15) is 0 Å². The molecule has 2 aromatic carbocycles. The highest BCUT2D eigenvalue weighted by Gasteiger charge is 2.13. The second-order valence-electron chi connectivity index (χ2n) is 4.99. The molecule has 0 amide bonds. The summed E-state index contributed by atoms with van der Waals surface area (Å²) in [7, 11) is 0. The Labute approximate surface area is 124 Å². The second kappa shape index (κ2) is 6.02. The zero-order valence-corrected chi connectivity index (χ0v) is 12.1. The van der Waals surface area contributed by atoms with Crippen molar-refractivity contribution in [3.8, 4) is 5.75 Å². The van der Waals surface area contributed by atoms with Crippen molar-refractivity contribution < 1.29 is 9.15 Å². The molecule has 0 aliphatic heterocycles. The van der Waals surface area contributed by atoms with Gasteiger partial charge in [-0.3, -0.25) is 0 Å². The van der Waals surface area contributed by atoms with Crippen molar-refractivity contribution in [3.63, 3.8) is 0 Å². The fourth-order valence-corrected chi connectivity index (χ4v) is 2.45. The maximum atomic E-state index is 5.88. The summed E-state index contributed by atoms with van der Waals surface area (Å²) in [6.45, 7) is 2.98. The molecular weight excluding hydrogens is 262 g/mol. The first-order valence-electron chi connectivity index (χ1n) is 7.23. The largest absolute Gasteiger partial charge is 0.489 e. The molecule has 0 aliphatic carbocycles. The molecule has 0 aliphatic rings. The van der Waals surface area contributed by atoms with Gasteiger partial charge in [0, 0.05) is 10.9 Å². The van der Waals surface area contributed by atoms with Crippen LogP contribution in [0.2, 0.25) is 0 Å². The predicted octanol–water partition coefficient (Wildman–Crippen LogP) is 4.03. The van der Waals surface area contributed by atoms with Gasteiger partial charge in [-0.1, -0.05) is 37.3 Å². The van der Waals surface area contributed by atoms with Crippen LogP contribution in [0.3, 0.4) is 0 Å². The van der Waals surface area contributed by atoms with Crippen molar-refractivity contribution in [2.24, 2.45) is 5.73 Å². The Hall–Kier alpha value is -2.26. The van der Waals surface area contributed by atoms with Gasteiger partial charge in [-0.05, 0) is 30.2 Å². The van der Waals surface area contributed by atoms with E-state index in [2.05, 4.69) is 19.1 Å². The number of benzene rings is 2. The molecule has 3 aromatic rings. The normalized spacial score (nSPS) is 11.0. The van der Waals surface area contributed by atoms with Gasteiger partial charge >= 0.3 is 0 Å². The van der Waals surface area contributed by atoms with Crippen LogP contribution in [0.4, 0.5) is 0 Å². The Morgan fingerprint density at radius 3 is 2.52 bits per heavy atom. The van der Waals surface area contributed by atoms with E-state index in [0.717, 1.165) is 34.5 Å². The predicted molar refractivity (Wildman–Crippen MR) is 84.3 cm³/mol. The van der Waals surface area contributed by atoms with Gasteiger partial charge in [0.15, 0.2) is 0 Å². The summed E-state index contributed by atoms with van der Waals surface area (Å²) >= 11 is 0. The Bertz CT molecular complexity index is 729. The van der Waals surface area contributed by atoms with Gasteiger partial charge in [0.1, 0.15) is 23.7 Å². The average molecular weight is 281 g/mol. The molecule has 0 atom stereocenters. The minimum atomic E-state index is 0.377. The maximum Gasteiger partial charge on any atom is 0.134 e. The molecule has 0 radical (unpaired) electrons. The average Bonchev–Trinajstić information content (AvgIpc) is 2.91. The first kappa shape index (κ1) is 13.7. The molecule has 2 N–H and O–H groups in total. The number of furan rings is 1. The number of fused-ring (bicyclic) bond motifs is 1. The van der Waals surface area contributed by atoms with Gasteiger partial charge in [0.25, 0.3) is 0 Å². The Balaban J connectivity index is 1.83. The number of hydrogen-bond donors (Lipinski definition) is 1. The SMILES string of the molecule is CCc1ccc(OCc2c(CN)oc3ccccc23)cc1. The second-order valence-corrected chi connectivity index (χ2v) is 4.99. The van der Waals surface area contributed by atoms with E-state index < -0.39 is 0 Å². The van der Waals surface area contributed by atoms with Gasteiger partial charge in [-0.2, -0.15) is 0 Å². The molecule has 0 unspecified atom stereocenters. The molecule has 0 saturated carbocycles. The number of aryl methyl sites for hydroxylation is 1. The molecule has 3 heteroatoms. The number of nitrogens with two attached hydrogens (primary N) is 1. The van der Waals surface area contributed by atoms with E-state index >= 15 is 0 Å². The minimum absolute atomic E-state index is 0.377. The minimum Gasteiger partial charge on any atom is -0.489 e. The van der Waals surface area contributed by atoms with E-state index in [1.165, 1.54) is 5.56 Å². The first-order valence-corrected chi connectivity index (χ1v) is 7.23. The van der Waals surface area contributed by atoms with E-state index in [1.807, 2.05) is 36.4 Å². The van der Waals surface area contributed by atoms with Crippen LogP contribution in [-0.2, 0) is 19.6 Å². The molecular formula is C18H19NO2. The van der Waals surface area contributed by atoms with E-state index in [-0.39, 0.29) is 0 Å². The number of para-hydroxylation sites is 1. The summed E-state index contributed by atoms with van der Waals surface area (Å²) < 4.78 is 11.7.